The molecule has 0 aliphatic carbocycles. The van der Waals surface area contributed by atoms with Gasteiger partial charge in [-0.1, -0.05) is 31.4 Å². The first-order valence-corrected chi connectivity index (χ1v) is 5.88. The summed E-state index contributed by atoms with van der Waals surface area (Å²) in [5.74, 6) is 0.139. The van der Waals surface area contributed by atoms with E-state index in [-0.39, 0.29) is 0 Å². The Balaban J connectivity index is 2.99. The molecule has 0 aromatic heterocycles. The van der Waals surface area contributed by atoms with Crippen LogP contribution >= 0.6 is 12.6 Å². The lowest BCUT2D eigenvalue weighted by atomic mass is 10.1. The van der Waals surface area contributed by atoms with E-state index in [9.17, 15) is 4.79 Å². The van der Waals surface area contributed by atoms with Crippen molar-refractivity contribution < 1.29 is 9.90 Å². The lowest BCUT2D eigenvalue weighted by Gasteiger charge is -1.97. The van der Waals surface area contributed by atoms with Crippen molar-refractivity contribution in [3.8, 4) is 0 Å². The summed E-state index contributed by atoms with van der Waals surface area (Å²) in [5, 5.41) is 8.40. The molecule has 0 amide bonds. The van der Waals surface area contributed by atoms with Crippen molar-refractivity contribution in [2.24, 2.45) is 0 Å². The quantitative estimate of drug-likeness (QED) is 0.352. The van der Waals surface area contributed by atoms with E-state index in [1.54, 1.807) is 0 Å². The van der Waals surface area contributed by atoms with E-state index in [1.807, 2.05) is 0 Å². The van der Waals surface area contributed by atoms with E-state index in [1.165, 1.54) is 12.8 Å². The number of carbonyl (C=O) groups is 1. The summed E-state index contributed by atoms with van der Waals surface area (Å²) >= 11 is 4.07. The molecule has 0 fully saturated rings. The molecule has 14 heavy (non-hydrogen) atoms. The van der Waals surface area contributed by atoms with Gasteiger partial charge in [0.1, 0.15) is 0 Å². The molecule has 0 radical (unpaired) electrons. The summed E-state index contributed by atoms with van der Waals surface area (Å²) < 4.78 is 0. The Bertz CT molecular complexity index is 167. The second kappa shape index (κ2) is 10.6. The monoisotopic (exact) mass is 216 g/mol. The Morgan fingerprint density at radius 1 is 1.07 bits per heavy atom. The Morgan fingerprint density at radius 3 is 2.36 bits per heavy atom. The molecular weight excluding hydrogens is 196 g/mol. The van der Waals surface area contributed by atoms with Gasteiger partial charge in [-0.05, 0) is 19.3 Å². The van der Waals surface area contributed by atoms with Gasteiger partial charge in [-0.3, -0.25) is 4.79 Å². The van der Waals surface area contributed by atoms with Crippen LogP contribution in [0.4, 0.5) is 0 Å². The summed E-state index contributed by atoms with van der Waals surface area (Å²) in [4.78, 5) is 10.2. The minimum Gasteiger partial charge on any atom is -0.481 e. The molecule has 0 aliphatic heterocycles. The molecule has 0 aromatic carbocycles. The van der Waals surface area contributed by atoms with Gasteiger partial charge < -0.3 is 5.11 Å². The van der Waals surface area contributed by atoms with Crippen LogP contribution in [0, 0.1) is 0 Å². The van der Waals surface area contributed by atoms with Crippen molar-refractivity contribution in [2.75, 3.05) is 5.75 Å². The maximum Gasteiger partial charge on any atom is 0.303 e. The van der Waals surface area contributed by atoms with Gasteiger partial charge in [-0.2, -0.15) is 12.6 Å². The third kappa shape index (κ3) is 11.6. The maximum absolute atomic E-state index is 10.2. The van der Waals surface area contributed by atoms with Crippen LogP contribution in [0.15, 0.2) is 12.2 Å². The van der Waals surface area contributed by atoms with E-state index in [0.29, 0.717) is 6.42 Å². The van der Waals surface area contributed by atoms with E-state index in [4.69, 9.17) is 5.11 Å². The topological polar surface area (TPSA) is 37.3 Å². The summed E-state index contributed by atoms with van der Waals surface area (Å²) in [6.45, 7) is 0. The zero-order chi connectivity index (χ0) is 10.6. The van der Waals surface area contributed by atoms with Gasteiger partial charge in [0, 0.05) is 12.2 Å². The molecule has 0 heterocycles. The number of rotatable bonds is 9. The van der Waals surface area contributed by atoms with E-state index in [2.05, 4.69) is 24.8 Å². The first kappa shape index (κ1) is 13.6. The van der Waals surface area contributed by atoms with Crippen LogP contribution in [0.3, 0.4) is 0 Å². The molecule has 0 atom stereocenters. The normalized spacial score (nSPS) is 10.9. The lowest BCUT2D eigenvalue weighted by Crippen LogP contribution is -1.93. The van der Waals surface area contributed by atoms with Crippen molar-refractivity contribution in [3.05, 3.63) is 12.2 Å². The summed E-state index contributed by atoms with van der Waals surface area (Å²) in [5.41, 5.74) is 0. The fourth-order valence-corrected chi connectivity index (χ4v) is 1.41. The van der Waals surface area contributed by atoms with Crippen molar-refractivity contribution in [1.82, 2.24) is 0 Å². The fraction of sp³-hybridized carbons (Fsp3) is 0.727. The number of aliphatic carboxylic acids is 1. The number of hydrogen-bond acceptors (Lipinski definition) is 2. The van der Waals surface area contributed by atoms with Gasteiger partial charge in [-0.15, -0.1) is 0 Å². The van der Waals surface area contributed by atoms with Gasteiger partial charge in [0.2, 0.25) is 0 Å². The van der Waals surface area contributed by atoms with Crippen LogP contribution < -0.4 is 0 Å². The summed E-state index contributed by atoms with van der Waals surface area (Å²) in [6, 6.07) is 0. The van der Waals surface area contributed by atoms with Gasteiger partial charge in [0.05, 0.1) is 0 Å². The summed E-state index contributed by atoms with van der Waals surface area (Å²) in [7, 11) is 0. The zero-order valence-corrected chi connectivity index (χ0v) is 9.51. The highest BCUT2D eigenvalue weighted by Crippen LogP contribution is 2.07. The molecule has 0 unspecified atom stereocenters. The summed E-state index contributed by atoms with van der Waals surface area (Å²) in [6.07, 6.45) is 11.1. The zero-order valence-electron chi connectivity index (χ0n) is 8.61. The molecule has 0 aliphatic rings. The largest absolute Gasteiger partial charge is 0.481 e. The highest BCUT2D eigenvalue weighted by molar-refractivity contribution is 7.80. The van der Waals surface area contributed by atoms with Crippen molar-refractivity contribution >= 4 is 18.6 Å². The SMILES string of the molecule is O=C(O)CCCCCCCC=CCS. The highest BCUT2D eigenvalue weighted by Gasteiger charge is 1.95. The van der Waals surface area contributed by atoms with Crippen molar-refractivity contribution in [2.45, 2.75) is 44.9 Å². The number of allylic oxidation sites excluding steroid dienone is 1. The third-order valence-electron chi connectivity index (χ3n) is 2.03. The van der Waals surface area contributed by atoms with Crippen LogP contribution in [0.5, 0.6) is 0 Å². The fourth-order valence-electron chi connectivity index (χ4n) is 1.26. The maximum atomic E-state index is 10.2. The minimum absolute atomic E-state index is 0.319. The lowest BCUT2D eigenvalue weighted by molar-refractivity contribution is -0.137. The molecule has 0 saturated heterocycles. The molecular formula is C11H20O2S. The smallest absolute Gasteiger partial charge is 0.303 e. The predicted octanol–water partition coefficient (Wildman–Crippen LogP) is 3.29. The Hall–Kier alpha value is -0.440. The Labute approximate surface area is 91.8 Å². The van der Waals surface area contributed by atoms with Crippen LogP contribution in [-0.2, 0) is 4.79 Å². The van der Waals surface area contributed by atoms with Crippen molar-refractivity contribution in [1.29, 1.82) is 0 Å². The minimum atomic E-state index is -0.679. The number of thiol groups is 1. The number of hydrogen-bond donors (Lipinski definition) is 2. The van der Waals surface area contributed by atoms with Crippen molar-refractivity contribution in [3.63, 3.8) is 0 Å². The molecule has 1 N–H and O–H groups in total. The van der Waals surface area contributed by atoms with Crippen LogP contribution in [0.25, 0.3) is 0 Å². The second-order valence-corrected chi connectivity index (χ2v) is 3.72. The number of carboxylic acid groups (broad SMARTS) is 1. The third-order valence-corrected chi connectivity index (χ3v) is 2.24. The van der Waals surface area contributed by atoms with Crippen LogP contribution in [0.1, 0.15) is 44.9 Å². The molecule has 0 bridgehead atoms. The molecule has 0 aromatic rings. The average Bonchev–Trinajstić information content (AvgIpc) is 2.15. The van der Waals surface area contributed by atoms with E-state index >= 15 is 0 Å². The highest BCUT2D eigenvalue weighted by atomic mass is 32.1. The number of carboxylic acids is 1. The van der Waals surface area contributed by atoms with Gasteiger partial charge in [0.15, 0.2) is 0 Å². The van der Waals surface area contributed by atoms with Gasteiger partial charge >= 0.3 is 5.97 Å². The van der Waals surface area contributed by atoms with Gasteiger partial charge in [-0.25, -0.2) is 0 Å². The predicted molar refractivity (Wildman–Crippen MR) is 62.9 cm³/mol. The Morgan fingerprint density at radius 2 is 1.71 bits per heavy atom. The molecule has 3 heteroatoms. The van der Waals surface area contributed by atoms with Crippen LogP contribution in [-0.4, -0.2) is 16.8 Å². The molecule has 82 valence electrons. The van der Waals surface area contributed by atoms with E-state index < -0.39 is 5.97 Å². The second-order valence-electron chi connectivity index (χ2n) is 3.35. The number of unbranched alkanes of at least 4 members (excludes halogenated alkanes) is 5. The molecule has 0 rings (SSSR count). The molecule has 2 nitrogen and oxygen atoms in total. The standard InChI is InChI=1S/C11H20O2S/c12-11(13)9-7-5-3-1-2-4-6-8-10-14/h6,8,14H,1-5,7,9-10H2,(H,12,13). The van der Waals surface area contributed by atoms with E-state index in [0.717, 1.165) is 31.4 Å². The average molecular weight is 216 g/mol. The first-order valence-electron chi connectivity index (χ1n) is 5.25. The first-order chi connectivity index (χ1) is 6.77. The molecule has 0 saturated carbocycles. The Kier molecular flexibility index (Phi) is 10.3. The molecule has 0 spiro atoms. The van der Waals surface area contributed by atoms with Gasteiger partial charge in [0.25, 0.3) is 0 Å². The van der Waals surface area contributed by atoms with Crippen LogP contribution in [0.2, 0.25) is 0 Å².